The summed E-state index contributed by atoms with van der Waals surface area (Å²) in [6, 6.07) is 19.5. The molecule has 3 aromatic carbocycles. The summed E-state index contributed by atoms with van der Waals surface area (Å²) < 4.78 is 2.36. The smallest absolute Gasteiger partial charge is 0.124 e. The molecule has 0 radical (unpaired) electrons. The van der Waals surface area contributed by atoms with Crippen LogP contribution < -0.4 is 5.32 Å². The molecule has 3 nitrogen and oxygen atoms in total. The van der Waals surface area contributed by atoms with Crippen LogP contribution in [-0.4, -0.2) is 9.67 Å². The van der Waals surface area contributed by atoms with E-state index in [0.717, 1.165) is 23.4 Å². The third kappa shape index (κ3) is 3.97. The summed E-state index contributed by atoms with van der Waals surface area (Å²) in [5, 5.41) is 17.2. The Labute approximate surface area is 192 Å². The predicted octanol–water partition coefficient (Wildman–Crippen LogP) is 7.73. The maximum absolute atomic E-state index is 11.1. The molecule has 0 unspecified atom stereocenters. The van der Waals surface area contributed by atoms with Crippen molar-refractivity contribution in [2.75, 3.05) is 5.32 Å². The summed E-state index contributed by atoms with van der Waals surface area (Å²) >= 11 is 0. The first-order chi connectivity index (χ1) is 15.0. The molecule has 4 rings (SSSR count). The summed E-state index contributed by atoms with van der Waals surface area (Å²) in [4.78, 5) is 0. The van der Waals surface area contributed by atoms with Crippen LogP contribution in [0.25, 0.3) is 21.8 Å². The van der Waals surface area contributed by atoms with Crippen molar-refractivity contribution < 1.29 is 5.11 Å². The Morgan fingerprint density at radius 2 is 1.50 bits per heavy atom. The molecule has 0 amide bonds. The Hall–Kier alpha value is -2.94. The lowest BCUT2D eigenvalue weighted by Crippen LogP contribution is -2.18. The van der Waals surface area contributed by atoms with Crippen molar-refractivity contribution in [2.45, 2.75) is 72.4 Å². The molecule has 32 heavy (non-hydrogen) atoms. The number of aryl methyl sites for hydroxylation is 1. The van der Waals surface area contributed by atoms with Crippen LogP contribution in [-0.2, 0) is 23.9 Å². The van der Waals surface area contributed by atoms with Crippen molar-refractivity contribution in [3.63, 3.8) is 0 Å². The van der Waals surface area contributed by atoms with Gasteiger partial charge in [-0.25, -0.2) is 0 Å². The van der Waals surface area contributed by atoms with Gasteiger partial charge in [-0.3, -0.25) is 0 Å². The number of rotatable bonds is 4. The molecular weight excluding hydrogens is 392 g/mol. The molecule has 0 saturated carbocycles. The van der Waals surface area contributed by atoms with Crippen molar-refractivity contribution in [3.05, 3.63) is 71.3 Å². The molecule has 168 valence electrons. The Kier molecular flexibility index (Phi) is 5.48. The highest BCUT2D eigenvalue weighted by atomic mass is 16.3. The van der Waals surface area contributed by atoms with Gasteiger partial charge in [-0.1, -0.05) is 65.8 Å². The first kappa shape index (κ1) is 22.3. The number of benzene rings is 3. The highest BCUT2D eigenvalue weighted by molar-refractivity contribution is 6.09. The number of hydrogen-bond donors (Lipinski definition) is 2. The average molecular weight is 429 g/mol. The summed E-state index contributed by atoms with van der Waals surface area (Å²) in [5.41, 5.74) is 6.68. The number of nitrogens with zero attached hydrogens (tertiary/aromatic N) is 1. The molecule has 2 N–H and O–H groups in total. The summed E-state index contributed by atoms with van der Waals surface area (Å²) in [6.45, 7) is 16.9. The monoisotopic (exact) mass is 428 g/mol. The number of hydrogen-bond acceptors (Lipinski definition) is 2. The molecule has 0 aliphatic heterocycles. The van der Waals surface area contributed by atoms with E-state index in [1.807, 2.05) is 0 Å². The standard InChI is InChI=1S/C29H36N2O/c1-8-31-25-12-10-9-11-22(25)23-17-21(13-14-26(23)31)30-18-19-15-20(28(2,3)4)16-24(27(19)32)29(5,6)7/h9-17,30,32H,8,18H2,1-7H3. The molecule has 1 heterocycles. The van der Waals surface area contributed by atoms with Crippen molar-refractivity contribution >= 4 is 27.5 Å². The molecule has 3 heteroatoms. The molecule has 0 saturated heterocycles. The van der Waals surface area contributed by atoms with E-state index in [-0.39, 0.29) is 10.8 Å². The van der Waals surface area contributed by atoms with Crippen LogP contribution in [0.1, 0.15) is 65.2 Å². The number of aromatic hydroxyl groups is 1. The van der Waals surface area contributed by atoms with E-state index in [2.05, 4.69) is 113 Å². The lowest BCUT2D eigenvalue weighted by Gasteiger charge is -2.27. The Bertz CT molecular complexity index is 1280. The van der Waals surface area contributed by atoms with Crippen molar-refractivity contribution in [3.8, 4) is 5.75 Å². The zero-order chi connectivity index (χ0) is 23.3. The van der Waals surface area contributed by atoms with E-state index < -0.39 is 0 Å². The number of anilines is 1. The number of aromatic nitrogens is 1. The van der Waals surface area contributed by atoms with Crippen LogP contribution in [0.5, 0.6) is 5.75 Å². The van der Waals surface area contributed by atoms with Gasteiger partial charge in [0.25, 0.3) is 0 Å². The minimum absolute atomic E-state index is 0.0172. The fourth-order valence-electron chi connectivity index (χ4n) is 4.54. The van der Waals surface area contributed by atoms with Gasteiger partial charge in [0.2, 0.25) is 0 Å². The zero-order valence-corrected chi connectivity index (χ0v) is 20.5. The Morgan fingerprint density at radius 1 is 0.812 bits per heavy atom. The first-order valence-electron chi connectivity index (χ1n) is 11.6. The average Bonchev–Trinajstić information content (AvgIpc) is 3.04. The van der Waals surface area contributed by atoms with Gasteiger partial charge in [0.1, 0.15) is 5.75 Å². The fourth-order valence-corrected chi connectivity index (χ4v) is 4.54. The minimum atomic E-state index is -0.124. The van der Waals surface area contributed by atoms with Crippen LogP contribution in [0, 0.1) is 0 Å². The van der Waals surface area contributed by atoms with Crippen LogP contribution in [0.3, 0.4) is 0 Å². The van der Waals surface area contributed by atoms with Gasteiger partial charge >= 0.3 is 0 Å². The van der Waals surface area contributed by atoms with E-state index in [4.69, 9.17) is 0 Å². The molecule has 1 aromatic heterocycles. The Balaban J connectivity index is 1.73. The van der Waals surface area contributed by atoms with E-state index in [1.165, 1.54) is 27.4 Å². The topological polar surface area (TPSA) is 37.2 Å². The second kappa shape index (κ2) is 7.88. The van der Waals surface area contributed by atoms with Gasteiger partial charge in [0.05, 0.1) is 0 Å². The maximum Gasteiger partial charge on any atom is 0.124 e. The molecule has 0 fully saturated rings. The summed E-state index contributed by atoms with van der Waals surface area (Å²) in [7, 11) is 0. The lowest BCUT2D eigenvalue weighted by molar-refractivity contribution is 0.439. The van der Waals surface area contributed by atoms with Gasteiger partial charge in [0.15, 0.2) is 0 Å². The van der Waals surface area contributed by atoms with Gasteiger partial charge < -0.3 is 15.0 Å². The maximum atomic E-state index is 11.1. The second-order valence-corrected chi connectivity index (χ2v) is 10.9. The Morgan fingerprint density at radius 3 is 2.16 bits per heavy atom. The fraction of sp³-hybridized carbons (Fsp3) is 0.379. The predicted molar refractivity (Wildman–Crippen MR) is 138 cm³/mol. The number of nitrogens with one attached hydrogen (secondary N) is 1. The molecule has 0 spiro atoms. The van der Waals surface area contributed by atoms with Gasteiger partial charge in [-0.05, 0) is 59.2 Å². The van der Waals surface area contributed by atoms with E-state index in [9.17, 15) is 5.11 Å². The summed E-state index contributed by atoms with van der Waals surface area (Å²) in [5.74, 6) is 0.404. The number of phenolic OH excluding ortho intramolecular Hbond substituents is 1. The quantitative estimate of drug-likeness (QED) is 0.349. The van der Waals surface area contributed by atoms with E-state index in [0.29, 0.717) is 12.3 Å². The van der Waals surface area contributed by atoms with Crippen molar-refractivity contribution in [1.29, 1.82) is 0 Å². The largest absolute Gasteiger partial charge is 0.507 e. The van der Waals surface area contributed by atoms with Crippen LogP contribution in [0.2, 0.25) is 0 Å². The number of para-hydroxylation sites is 1. The molecule has 4 aromatic rings. The normalized spacial score (nSPS) is 12.6. The number of phenols is 1. The summed E-state index contributed by atoms with van der Waals surface area (Å²) in [6.07, 6.45) is 0. The van der Waals surface area contributed by atoms with E-state index in [1.54, 1.807) is 0 Å². The van der Waals surface area contributed by atoms with Gasteiger partial charge in [0, 0.05) is 46.1 Å². The van der Waals surface area contributed by atoms with Crippen molar-refractivity contribution in [2.24, 2.45) is 0 Å². The van der Waals surface area contributed by atoms with Crippen LogP contribution in [0.15, 0.2) is 54.6 Å². The van der Waals surface area contributed by atoms with E-state index >= 15 is 0 Å². The molecule has 0 atom stereocenters. The number of fused-ring (bicyclic) bond motifs is 3. The zero-order valence-electron chi connectivity index (χ0n) is 20.5. The first-order valence-corrected chi connectivity index (χ1v) is 11.6. The highest BCUT2D eigenvalue weighted by Gasteiger charge is 2.24. The second-order valence-electron chi connectivity index (χ2n) is 10.9. The molecular formula is C29H36N2O. The lowest BCUT2D eigenvalue weighted by atomic mass is 9.79. The van der Waals surface area contributed by atoms with Gasteiger partial charge in [-0.2, -0.15) is 0 Å². The van der Waals surface area contributed by atoms with Crippen LogP contribution in [0.4, 0.5) is 5.69 Å². The molecule has 0 aliphatic carbocycles. The highest BCUT2D eigenvalue weighted by Crippen LogP contribution is 2.38. The van der Waals surface area contributed by atoms with Crippen LogP contribution >= 0.6 is 0 Å². The molecule has 0 bridgehead atoms. The third-order valence-electron chi connectivity index (χ3n) is 6.43. The minimum Gasteiger partial charge on any atom is -0.507 e. The van der Waals surface area contributed by atoms with Crippen molar-refractivity contribution in [1.82, 2.24) is 4.57 Å². The SMILES string of the molecule is CCn1c2ccccc2c2cc(NCc3cc(C(C)(C)C)cc(C(C)(C)C)c3O)ccc21. The third-order valence-corrected chi connectivity index (χ3v) is 6.43. The molecule has 0 aliphatic rings. The van der Waals surface area contributed by atoms with Gasteiger partial charge in [-0.15, -0.1) is 0 Å².